The van der Waals surface area contributed by atoms with E-state index in [1.807, 2.05) is 0 Å². The van der Waals surface area contributed by atoms with Gasteiger partial charge in [-0.15, -0.1) is 0 Å². The first-order valence-corrected chi connectivity index (χ1v) is 7.91. The van der Waals surface area contributed by atoms with Crippen molar-refractivity contribution in [2.24, 2.45) is 0 Å². The molecule has 1 saturated carbocycles. The third kappa shape index (κ3) is 3.83. The van der Waals surface area contributed by atoms with Crippen LogP contribution in [0.1, 0.15) is 12.8 Å². The Hall–Kier alpha value is -0.330. The standard InChI is InChI=1S/C11H14Cl2N2O2S/c12-8-1-4-10(13)11(7-8)18(16,17)15-6-5-14-9-2-3-9/h1,4,7,9,14-15H,2-3,5-6H2. The maximum Gasteiger partial charge on any atom is 0.242 e. The van der Waals surface area contributed by atoms with Crippen LogP contribution < -0.4 is 10.0 Å². The first-order valence-electron chi connectivity index (χ1n) is 5.67. The first-order chi connectivity index (χ1) is 8.49. The molecule has 0 aliphatic heterocycles. The van der Waals surface area contributed by atoms with Crippen LogP contribution in [0.5, 0.6) is 0 Å². The molecule has 1 aliphatic carbocycles. The Kier molecular flexibility index (Phi) is 4.50. The summed E-state index contributed by atoms with van der Waals surface area (Å²) < 4.78 is 26.5. The van der Waals surface area contributed by atoms with Gasteiger partial charge in [-0.05, 0) is 31.0 Å². The number of sulfonamides is 1. The molecule has 18 heavy (non-hydrogen) atoms. The molecule has 1 aromatic rings. The quantitative estimate of drug-likeness (QED) is 0.791. The number of halogens is 2. The van der Waals surface area contributed by atoms with Gasteiger partial charge in [0.25, 0.3) is 0 Å². The average molecular weight is 309 g/mol. The second-order valence-electron chi connectivity index (χ2n) is 4.20. The summed E-state index contributed by atoms with van der Waals surface area (Å²) in [7, 11) is -3.60. The first kappa shape index (κ1) is 14.1. The van der Waals surface area contributed by atoms with Gasteiger partial charge in [0.05, 0.1) is 5.02 Å². The van der Waals surface area contributed by atoms with E-state index in [9.17, 15) is 8.42 Å². The summed E-state index contributed by atoms with van der Waals surface area (Å²) in [6.07, 6.45) is 2.35. The predicted octanol–water partition coefficient (Wildman–Crippen LogP) is 2.02. The smallest absolute Gasteiger partial charge is 0.242 e. The van der Waals surface area contributed by atoms with Gasteiger partial charge in [0.15, 0.2) is 0 Å². The SMILES string of the molecule is O=S(=O)(NCCNC1CC1)c1cc(Cl)ccc1Cl. The summed E-state index contributed by atoms with van der Waals surface area (Å²) in [6, 6.07) is 4.93. The van der Waals surface area contributed by atoms with Crippen molar-refractivity contribution in [2.75, 3.05) is 13.1 Å². The van der Waals surface area contributed by atoms with Crippen molar-refractivity contribution in [3.8, 4) is 0 Å². The maximum atomic E-state index is 12.0. The zero-order valence-corrected chi connectivity index (χ0v) is 11.9. The zero-order valence-electron chi connectivity index (χ0n) is 9.62. The van der Waals surface area contributed by atoms with Gasteiger partial charge in [-0.2, -0.15) is 0 Å². The van der Waals surface area contributed by atoms with Crippen molar-refractivity contribution in [1.29, 1.82) is 0 Å². The highest BCUT2D eigenvalue weighted by atomic mass is 35.5. The van der Waals surface area contributed by atoms with Crippen molar-refractivity contribution >= 4 is 33.2 Å². The van der Waals surface area contributed by atoms with E-state index < -0.39 is 10.0 Å². The van der Waals surface area contributed by atoms with Crippen LogP contribution in [0.4, 0.5) is 0 Å². The lowest BCUT2D eigenvalue weighted by Gasteiger charge is -2.09. The summed E-state index contributed by atoms with van der Waals surface area (Å²) in [5.74, 6) is 0. The van der Waals surface area contributed by atoms with E-state index in [1.165, 1.54) is 25.0 Å². The Bertz CT molecular complexity index is 530. The van der Waals surface area contributed by atoms with Crippen molar-refractivity contribution in [1.82, 2.24) is 10.0 Å². The molecule has 0 saturated heterocycles. The molecular formula is C11H14Cl2N2O2S. The summed E-state index contributed by atoms with van der Waals surface area (Å²) in [6.45, 7) is 0.948. The largest absolute Gasteiger partial charge is 0.313 e. The van der Waals surface area contributed by atoms with Crippen molar-refractivity contribution in [3.63, 3.8) is 0 Å². The lowest BCUT2D eigenvalue weighted by atomic mass is 10.4. The molecule has 0 bridgehead atoms. The fourth-order valence-corrected chi connectivity index (χ4v) is 3.30. The number of hydrogen-bond donors (Lipinski definition) is 2. The molecule has 0 atom stereocenters. The Morgan fingerprint density at radius 2 is 1.94 bits per heavy atom. The van der Waals surface area contributed by atoms with E-state index in [1.54, 1.807) is 6.07 Å². The molecular weight excluding hydrogens is 295 g/mol. The minimum atomic E-state index is -3.60. The van der Waals surface area contributed by atoms with E-state index in [-0.39, 0.29) is 9.92 Å². The van der Waals surface area contributed by atoms with Crippen molar-refractivity contribution in [3.05, 3.63) is 28.2 Å². The molecule has 4 nitrogen and oxygen atoms in total. The van der Waals surface area contributed by atoms with Crippen LogP contribution in [-0.2, 0) is 10.0 Å². The van der Waals surface area contributed by atoms with Crippen LogP contribution in [0.3, 0.4) is 0 Å². The molecule has 0 heterocycles. The Balaban J connectivity index is 1.97. The Labute approximate surface area is 117 Å². The summed E-state index contributed by atoms with van der Waals surface area (Å²) in [5, 5.41) is 3.73. The monoisotopic (exact) mass is 308 g/mol. The van der Waals surface area contributed by atoms with Crippen LogP contribution >= 0.6 is 23.2 Å². The molecule has 0 radical (unpaired) electrons. The van der Waals surface area contributed by atoms with Gasteiger partial charge in [0.2, 0.25) is 10.0 Å². The van der Waals surface area contributed by atoms with E-state index in [4.69, 9.17) is 23.2 Å². The number of benzene rings is 1. The molecule has 100 valence electrons. The molecule has 0 amide bonds. The summed E-state index contributed by atoms with van der Waals surface area (Å²) >= 11 is 11.6. The topological polar surface area (TPSA) is 58.2 Å². The highest BCUT2D eigenvalue weighted by Gasteiger charge is 2.21. The minimum absolute atomic E-state index is 0.0167. The normalized spacial score (nSPS) is 15.9. The van der Waals surface area contributed by atoms with E-state index >= 15 is 0 Å². The molecule has 1 fully saturated rings. The van der Waals surface area contributed by atoms with Gasteiger partial charge in [0, 0.05) is 24.2 Å². The molecule has 2 N–H and O–H groups in total. The van der Waals surface area contributed by atoms with Crippen LogP contribution in [0.25, 0.3) is 0 Å². The van der Waals surface area contributed by atoms with Gasteiger partial charge in [0.1, 0.15) is 4.90 Å². The minimum Gasteiger partial charge on any atom is -0.313 e. The van der Waals surface area contributed by atoms with Gasteiger partial charge in [-0.3, -0.25) is 0 Å². The third-order valence-corrected chi connectivity index (χ3v) is 4.79. The van der Waals surface area contributed by atoms with Crippen LogP contribution in [0, 0.1) is 0 Å². The lowest BCUT2D eigenvalue weighted by Crippen LogP contribution is -2.32. The number of rotatable bonds is 6. The van der Waals surface area contributed by atoms with E-state index in [0.29, 0.717) is 24.2 Å². The Morgan fingerprint density at radius 3 is 2.61 bits per heavy atom. The number of hydrogen-bond acceptors (Lipinski definition) is 3. The Morgan fingerprint density at radius 1 is 1.22 bits per heavy atom. The third-order valence-electron chi connectivity index (χ3n) is 2.61. The molecule has 1 aliphatic rings. The average Bonchev–Trinajstić information content (AvgIpc) is 3.12. The highest BCUT2D eigenvalue weighted by molar-refractivity contribution is 7.89. The van der Waals surface area contributed by atoms with Crippen LogP contribution in [0.2, 0.25) is 10.0 Å². The second-order valence-corrected chi connectivity index (χ2v) is 6.78. The molecule has 1 aromatic carbocycles. The highest BCUT2D eigenvalue weighted by Crippen LogP contribution is 2.24. The van der Waals surface area contributed by atoms with Crippen LogP contribution in [0.15, 0.2) is 23.1 Å². The van der Waals surface area contributed by atoms with Gasteiger partial charge >= 0.3 is 0 Å². The van der Waals surface area contributed by atoms with E-state index in [0.717, 1.165) is 0 Å². The predicted molar refractivity (Wildman–Crippen MR) is 72.7 cm³/mol. The van der Waals surface area contributed by atoms with Crippen molar-refractivity contribution in [2.45, 2.75) is 23.8 Å². The van der Waals surface area contributed by atoms with E-state index in [2.05, 4.69) is 10.0 Å². The fraction of sp³-hybridized carbons (Fsp3) is 0.455. The van der Waals surface area contributed by atoms with Gasteiger partial charge in [-0.1, -0.05) is 23.2 Å². The summed E-state index contributed by atoms with van der Waals surface area (Å²) in [5.41, 5.74) is 0. The molecule has 2 rings (SSSR count). The lowest BCUT2D eigenvalue weighted by molar-refractivity contribution is 0.575. The second kappa shape index (κ2) is 5.75. The van der Waals surface area contributed by atoms with Crippen LogP contribution in [-0.4, -0.2) is 27.5 Å². The molecule has 0 unspecified atom stereocenters. The zero-order chi connectivity index (χ0) is 13.2. The molecule has 0 aromatic heterocycles. The molecule has 0 spiro atoms. The van der Waals surface area contributed by atoms with Gasteiger partial charge in [-0.25, -0.2) is 13.1 Å². The van der Waals surface area contributed by atoms with Crippen molar-refractivity contribution < 1.29 is 8.42 Å². The van der Waals surface area contributed by atoms with Gasteiger partial charge < -0.3 is 5.32 Å². The maximum absolute atomic E-state index is 12.0. The summed E-state index contributed by atoms with van der Waals surface area (Å²) in [4.78, 5) is 0.0167. The molecule has 7 heteroatoms. The fourth-order valence-electron chi connectivity index (χ4n) is 1.51. The number of nitrogens with one attached hydrogen (secondary N) is 2.